The van der Waals surface area contributed by atoms with Gasteiger partial charge in [-0.3, -0.25) is 0 Å². The van der Waals surface area contributed by atoms with Crippen LogP contribution in [0.4, 0.5) is 11.4 Å². The molecular formula is C16H18N2O2. The summed E-state index contributed by atoms with van der Waals surface area (Å²) in [5.74, 6) is -0.338. The Bertz CT molecular complexity index is 582. The molecule has 0 amide bonds. The van der Waals surface area contributed by atoms with Gasteiger partial charge in [-0.05, 0) is 30.7 Å². The first-order valence-corrected chi connectivity index (χ1v) is 6.55. The van der Waals surface area contributed by atoms with E-state index in [2.05, 4.69) is 5.32 Å². The number of nitrogens with two attached hydrogens (primary N) is 1. The molecule has 0 unspecified atom stereocenters. The van der Waals surface area contributed by atoms with Crippen LogP contribution in [0.2, 0.25) is 0 Å². The fraction of sp³-hybridized carbons (Fsp3) is 0.188. The number of esters is 1. The van der Waals surface area contributed by atoms with Crippen LogP contribution in [0.1, 0.15) is 22.8 Å². The molecule has 4 nitrogen and oxygen atoms in total. The maximum Gasteiger partial charge on any atom is 0.338 e. The van der Waals surface area contributed by atoms with E-state index in [4.69, 9.17) is 10.5 Å². The number of nitrogens with one attached hydrogen (secondary N) is 1. The lowest BCUT2D eigenvalue weighted by Gasteiger charge is -2.11. The third-order valence-corrected chi connectivity index (χ3v) is 2.89. The zero-order chi connectivity index (χ0) is 14.4. The maximum atomic E-state index is 11.7. The number of nitrogen functional groups attached to an aromatic ring is 1. The smallest absolute Gasteiger partial charge is 0.338 e. The van der Waals surface area contributed by atoms with Crippen molar-refractivity contribution in [3.63, 3.8) is 0 Å². The van der Waals surface area contributed by atoms with E-state index in [1.165, 1.54) is 0 Å². The molecule has 0 spiro atoms. The Morgan fingerprint density at radius 3 is 2.65 bits per heavy atom. The highest BCUT2D eigenvalue weighted by Crippen LogP contribution is 2.21. The molecule has 0 saturated heterocycles. The van der Waals surface area contributed by atoms with Crippen LogP contribution in [0.25, 0.3) is 0 Å². The molecule has 2 rings (SSSR count). The first kappa shape index (κ1) is 13.9. The number of hydrogen-bond acceptors (Lipinski definition) is 4. The van der Waals surface area contributed by atoms with E-state index >= 15 is 0 Å². The van der Waals surface area contributed by atoms with Crippen molar-refractivity contribution in [3.8, 4) is 0 Å². The highest BCUT2D eigenvalue weighted by Gasteiger charge is 2.09. The molecule has 2 aromatic carbocycles. The zero-order valence-corrected chi connectivity index (χ0v) is 11.4. The van der Waals surface area contributed by atoms with E-state index in [1.54, 1.807) is 25.1 Å². The number of carbonyl (C=O) groups excluding carboxylic acids is 1. The Hall–Kier alpha value is -2.49. The highest BCUT2D eigenvalue weighted by atomic mass is 16.5. The Morgan fingerprint density at radius 1 is 1.20 bits per heavy atom. The minimum Gasteiger partial charge on any atom is -0.462 e. The topological polar surface area (TPSA) is 64.3 Å². The van der Waals surface area contributed by atoms with Crippen LogP contribution in [-0.4, -0.2) is 12.6 Å². The average molecular weight is 270 g/mol. The minimum absolute atomic E-state index is 0.338. The molecule has 0 radical (unpaired) electrons. The highest BCUT2D eigenvalue weighted by molar-refractivity contribution is 5.92. The van der Waals surface area contributed by atoms with Gasteiger partial charge in [-0.2, -0.15) is 0 Å². The molecule has 0 aliphatic rings. The molecule has 104 valence electrons. The number of benzene rings is 2. The molecular weight excluding hydrogens is 252 g/mol. The molecule has 4 heteroatoms. The van der Waals surface area contributed by atoms with Crippen molar-refractivity contribution in [1.82, 2.24) is 0 Å². The van der Waals surface area contributed by atoms with Crippen molar-refractivity contribution in [2.24, 2.45) is 0 Å². The van der Waals surface area contributed by atoms with Crippen LogP contribution in [0.5, 0.6) is 0 Å². The minimum atomic E-state index is -0.338. The van der Waals surface area contributed by atoms with Crippen LogP contribution in [0.15, 0.2) is 48.5 Å². The predicted octanol–water partition coefficient (Wildman–Crippen LogP) is 3.06. The first-order valence-electron chi connectivity index (χ1n) is 6.55. The second-order valence-corrected chi connectivity index (χ2v) is 4.36. The molecule has 0 heterocycles. The van der Waals surface area contributed by atoms with E-state index < -0.39 is 0 Å². The molecule has 0 aliphatic heterocycles. The summed E-state index contributed by atoms with van der Waals surface area (Å²) in [6.07, 6.45) is 0. The molecule has 20 heavy (non-hydrogen) atoms. The number of rotatable bonds is 5. The fourth-order valence-electron chi connectivity index (χ4n) is 1.84. The number of ether oxygens (including phenoxy) is 1. The summed E-state index contributed by atoms with van der Waals surface area (Å²) in [6, 6.07) is 15.1. The first-order chi connectivity index (χ1) is 9.70. The van der Waals surface area contributed by atoms with Crippen molar-refractivity contribution in [2.45, 2.75) is 13.5 Å². The van der Waals surface area contributed by atoms with Gasteiger partial charge in [0.05, 0.1) is 23.5 Å². The number of hydrogen-bond donors (Lipinski definition) is 2. The Morgan fingerprint density at radius 2 is 1.95 bits per heavy atom. The molecule has 0 aromatic heterocycles. The van der Waals surface area contributed by atoms with Crippen LogP contribution in [-0.2, 0) is 11.3 Å². The van der Waals surface area contributed by atoms with Crippen LogP contribution in [0, 0.1) is 0 Å². The number of anilines is 2. The fourth-order valence-corrected chi connectivity index (χ4v) is 1.84. The Balaban J connectivity index is 2.10. The van der Waals surface area contributed by atoms with Crippen LogP contribution < -0.4 is 11.1 Å². The lowest BCUT2D eigenvalue weighted by atomic mass is 10.1. The van der Waals surface area contributed by atoms with Gasteiger partial charge < -0.3 is 15.8 Å². The predicted molar refractivity (Wildman–Crippen MR) is 80.6 cm³/mol. The normalized spacial score (nSPS) is 10.1. The monoisotopic (exact) mass is 270 g/mol. The van der Waals surface area contributed by atoms with E-state index in [0.717, 1.165) is 11.3 Å². The maximum absolute atomic E-state index is 11.7. The molecule has 0 aliphatic carbocycles. The largest absolute Gasteiger partial charge is 0.462 e. The van der Waals surface area contributed by atoms with E-state index in [0.29, 0.717) is 24.4 Å². The standard InChI is InChI=1S/C16H18N2O2/c1-2-20-16(19)13-8-9-14(17)15(10-13)18-11-12-6-4-3-5-7-12/h3-10,18H,2,11,17H2,1H3. The van der Waals surface area contributed by atoms with Gasteiger partial charge in [0, 0.05) is 6.54 Å². The molecule has 0 bridgehead atoms. The quantitative estimate of drug-likeness (QED) is 0.647. The molecule has 3 N–H and O–H groups in total. The van der Waals surface area contributed by atoms with Gasteiger partial charge in [-0.1, -0.05) is 30.3 Å². The summed E-state index contributed by atoms with van der Waals surface area (Å²) >= 11 is 0. The second kappa shape index (κ2) is 6.61. The van der Waals surface area contributed by atoms with E-state index in [9.17, 15) is 4.79 Å². The van der Waals surface area contributed by atoms with Gasteiger partial charge in [-0.25, -0.2) is 4.79 Å². The third kappa shape index (κ3) is 3.51. The van der Waals surface area contributed by atoms with Crippen molar-refractivity contribution >= 4 is 17.3 Å². The molecule has 2 aromatic rings. The third-order valence-electron chi connectivity index (χ3n) is 2.89. The molecule has 0 fully saturated rings. The lowest BCUT2D eigenvalue weighted by molar-refractivity contribution is 0.0526. The van der Waals surface area contributed by atoms with Crippen LogP contribution >= 0.6 is 0 Å². The van der Waals surface area contributed by atoms with Gasteiger partial charge in [0.2, 0.25) is 0 Å². The zero-order valence-electron chi connectivity index (χ0n) is 11.4. The number of carbonyl (C=O) groups is 1. The van der Waals surface area contributed by atoms with E-state index in [1.807, 2.05) is 30.3 Å². The average Bonchev–Trinajstić information content (AvgIpc) is 2.47. The SMILES string of the molecule is CCOC(=O)c1ccc(N)c(NCc2ccccc2)c1. The molecule has 0 atom stereocenters. The van der Waals surface area contributed by atoms with Gasteiger partial charge in [0.1, 0.15) is 0 Å². The van der Waals surface area contributed by atoms with Crippen molar-refractivity contribution in [1.29, 1.82) is 0 Å². The van der Waals surface area contributed by atoms with Crippen molar-refractivity contribution in [3.05, 3.63) is 59.7 Å². The lowest BCUT2D eigenvalue weighted by Crippen LogP contribution is -2.07. The molecule has 0 saturated carbocycles. The Kier molecular flexibility index (Phi) is 4.60. The van der Waals surface area contributed by atoms with Gasteiger partial charge in [0.15, 0.2) is 0 Å². The Labute approximate surface area is 118 Å². The van der Waals surface area contributed by atoms with Crippen molar-refractivity contribution in [2.75, 3.05) is 17.7 Å². The van der Waals surface area contributed by atoms with Crippen molar-refractivity contribution < 1.29 is 9.53 Å². The van der Waals surface area contributed by atoms with E-state index in [-0.39, 0.29) is 5.97 Å². The summed E-state index contributed by atoms with van der Waals surface area (Å²) < 4.78 is 4.98. The van der Waals surface area contributed by atoms with Gasteiger partial charge in [0.25, 0.3) is 0 Å². The summed E-state index contributed by atoms with van der Waals surface area (Å²) in [5, 5.41) is 3.23. The summed E-state index contributed by atoms with van der Waals surface area (Å²) in [4.78, 5) is 11.7. The summed E-state index contributed by atoms with van der Waals surface area (Å²) in [5.41, 5.74) is 8.90. The van der Waals surface area contributed by atoms with Crippen LogP contribution in [0.3, 0.4) is 0 Å². The second-order valence-electron chi connectivity index (χ2n) is 4.36. The van der Waals surface area contributed by atoms with Gasteiger partial charge >= 0.3 is 5.97 Å². The summed E-state index contributed by atoms with van der Waals surface area (Å²) in [7, 11) is 0. The van der Waals surface area contributed by atoms with Gasteiger partial charge in [-0.15, -0.1) is 0 Å². The summed E-state index contributed by atoms with van der Waals surface area (Å²) in [6.45, 7) is 2.79.